The Kier molecular flexibility index (Phi) is 8.70. The van der Waals surface area contributed by atoms with Crippen LogP contribution in [0.2, 0.25) is 0 Å². The molecular formula is C23H32N4O3S2. The predicted octanol–water partition coefficient (Wildman–Crippen LogP) is 3.01. The summed E-state index contributed by atoms with van der Waals surface area (Å²) in [5, 5.41) is 3.75. The zero-order valence-corrected chi connectivity index (χ0v) is 20.5. The highest BCUT2D eigenvalue weighted by atomic mass is 32.2. The SMILES string of the molecule is CC(C)CC(NC(=O)CSc1ccc(S(=O)(=O)N2CCN(C)CC2)cn1)c1ccccc1. The number of nitrogens with zero attached hydrogens (tertiary/aromatic N) is 3. The van der Waals surface area contributed by atoms with Crippen LogP contribution in [-0.2, 0) is 14.8 Å². The van der Waals surface area contributed by atoms with Gasteiger partial charge in [0.15, 0.2) is 0 Å². The average molecular weight is 477 g/mol. The number of amides is 1. The molecule has 1 aliphatic rings. The van der Waals surface area contributed by atoms with Crippen LogP contribution in [-0.4, -0.2) is 67.5 Å². The summed E-state index contributed by atoms with van der Waals surface area (Å²) in [5.41, 5.74) is 1.09. The van der Waals surface area contributed by atoms with E-state index < -0.39 is 10.0 Å². The number of rotatable bonds is 9. The Morgan fingerprint density at radius 2 is 1.78 bits per heavy atom. The minimum absolute atomic E-state index is 0.0339. The van der Waals surface area contributed by atoms with Crippen molar-refractivity contribution in [3.8, 4) is 0 Å². The zero-order chi connectivity index (χ0) is 23.1. The van der Waals surface area contributed by atoms with E-state index in [0.29, 0.717) is 24.0 Å². The van der Waals surface area contributed by atoms with Gasteiger partial charge < -0.3 is 10.2 Å². The summed E-state index contributed by atoms with van der Waals surface area (Å²) in [6.45, 7) is 6.67. The molecule has 174 valence electrons. The third-order valence-corrected chi connectivity index (χ3v) is 8.23. The van der Waals surface area contributed by atoms with Gasteiger partial charge in [0.05, 0.1) is 16.8 Å². The van der Waals surface area contributed by atoms with Crippen molar-refractivity contribution >= 4 is 27.7 Å². The Bertz CT molecular complexity index is 974. The number of nitrogens with one attached hydrogen (secondary N) is 1. The molecule has 3 rings (SSSR count). The fraction of sp³-hybridized carbons (Fsp3) is 0.478. The molecule has 2 aromatic rings. The van der Waals surface area contributed by atoms with E-state index in [2.05, 4.69) is 29.0 Å². The topological polar surface area (TPSA) is 82.6 Å². The lowest BCUT2D eigenvalue weighted by Crippen LogP contribution is -2.47. The van der Waals surface area contributed by atoms with Gasteiger partial charge in [-0.3, -0.25) is 4.79 Å². The highest BCUT2D eigenvalue weighted by Crippen LogP contribution is 2.23. The Morgan fingerprint density at radius 3 is 2.38 bits per heavy atom. The molecular weight excluding hydrogens is 444 g/mol. The van der Waals surface area contributed by atoms with Crippen molar-refractivity contribution in [2.45, 2.75) is 36.2 Å². The molecule has 1 fully saturated rings. The second kappa shape index (κ2) is 11.3. The Labute approximate surface area is 195 Å². The largest absolute Gasteiger partial charge is 0.349 e. The first kappa shape index (κ1) is 24.7. The third kappa shape index (κ3) is 6.78. The van der Waals surface area contributed by atoms with Crippen LogP contribution < -0.4 is 5.32 Å². The van der Waals surface area contributed by atoms with Crippen molar-refractivity contribution in [2.75, 3.05) is 39.0 Å². The lowest BCUT2D eigenvalue weighted by Gasteiger charge is -2.31. The molecule has 1 aliphatic heterocycles. The minimum Gasteiger partial charge on any atom is -0.349 e. The lowest BCUT2D eigenvalue weighted by atomic mass is 9.97. The fourth-order valence-corrected chi connectivity index (χ4v) is 5.61. The van der Waals surface area contributed by atoms with E-state index in [1.165, 1.54) is 22.3 Å². The molecule has 1 aromatic carbocycles. The molecule has 1 atom stereocenters. The molecule has 1 N–H and O–H groups in total. The fourth-order valence-electron chi connectivity index (χ4n) is 3.59. The highest BCUT2D eigenvalue weighted by Gasteiger charge is 2.27. The van der Waals surface area contributed by atoms with E-state index in [1.54, 1.807) is 12.1 Å². The van der Waals surface area contributed by atoms with E-state index in [0.717, 1.165) is 25.1 Å². The summed E-state index contributed by atoms with van der Waals surface area (Å²) in [7, 11) is -1.55. The van der Waals surface area contributed by atoms with E-state index in [1.807, 2.05) is 37.4 Å². The molecule has 9 heteroatoms. The second-order valence-corrected chi connectivity index (χ2v) is 11.4. The number of benzene rings is 1. The van der Waals surface area contributed by atoms with Gasteiger partial charge in [-0.2, -0.15) is 4.31 Å². The van der Waals surface area contributed by atoms with Gasteiger partial charge in [-0.1, -0.05) is 55.9 Å². The molecule has 1 amide bonds. The number of likely N-dealkylation sites (N-methyl/N-ethyl adjacent to an activating group) is 1. The number of carbonyl (C=O) groups excluding carboxylic acids is 1. The van der Waals surface area contributed by atoms with Crippen LogP contribution in [0.25, 0.3) is 0 Å². The second-order valence-electron chi connectivity index (χ2n) is 8.49. The van der Waals surface area contributed by atoms with Crippen molar-refractivity contribution in [3.05, 3.63) is 54.2 Å². The number of pyridine rings is 1. The van der Waals surface area contributed by atoms with Gasteiger partial charge in [0.2, 0.25) is 15.9 Å². The first-order chi connectivity index (χ1) is 15.3. The summed E-state index contributed by atoms with van der Waals surface area (Å²) in [6.07, 6.45) is 2.25. The van der Waals surface area contributed by atoms with Crippen molar-refractivity contribution in [1.29, 1.82) is 0 Å². The van der Waals surface area contributed by atoms with E-state index in [-0.39, 0.29) is 22.6 Å². The third-order valence-electron chi connectivity index (χ3n) is 5.40. The van der Waals surface area contributed by atoms with Crippen molar-refractivity contribution in [2.24, 2.45) is 5.92 Å². The molecule has 2 heterocycles. The van der Waals surface area contributed by atoms with Crippen LogP contribution in [0.3, 0.4) is 0 Å². The van der Waals surface area contributed by atoms with Crippen LogP contribution in [0.5, 0.6) is 0 Å². The molecule has 0 radical (unpaired) electrons. The number of aromatic nitrogens is 1. The first-order valence-corrected chi connectivity index (χ1v) is 13.3. The van der Waals surface area contributed by atoms with Gasteiger partial charge in [-0.25, -0.2) is 13.4 Å². The van der Waals surface area contributed by atoms with Crippen LogP contribution in [0.15, 0.2) is 58.6 Å². The summed E-state index contributed by atoms with van der Waals surface area (Å²) in [6, 6.07) is 13.2. The number of hydrogen-bond donors (Lipinski definition) is 1. The molecule has 7 nitrogen and oxygen atoms in total. The monoisotopic (exact) mass is 476 g/mol. The highest BCUT2D eigenvalue weighted by molar-refractivity contribution is 7.99. The molecule has 0 spiro atoms. The zero-order valence-electron chi connectivity index (χ0n) is 18.9. The number of thioether (sulfide) groups is 1. The Hall–Kier alpha value is -1.94. The van der Waals surface area contributed by atoms with Gasteiger partial charge in [0.25, 0.3) is 0 Å². The molecule has 1 aromatic heterocycles. The Morgan fingerprint density at radius 1 is 1.09 bits per heavy atom. The molecule has 0 saturated carbocycles. The first-order valence-electron chi connectivity index (χ1n) is 10.9. The number of piperazine rings is 1. The van der Waals surface area contributed by atoms with Gasteiger partial charge in [0, 0.05) is 32.4 Å². The van der Waals surface area contributed by atoms with Crippen LogP contribution >= 0.6 is 11.8 Å². The van der Waals surface area contributed by atoms with Crippen molar-refractivity contribution in [1.82, 2.24) is 19.5 Å². The van der Waals surface area contributed by atoms with E-state index >= 15 is 0 Å². The number of sulfonamides is 1. The maximum Gasteiger partial charge on any atom is 0.244 e. The Balaban J connectivity index is 1.56. The van der Waals surface area contributed by atoms with Crippen molar-refractivity contribution < 1.29 is 13.2 Å². The molecule has 32 heavy (non-hydrogen) atoms. The molecule has 0 bridgehead atoms. The number of carbonyl (C=O) groups is 1. The predicted molar refractivity (Wildman–Crippen MR) is 128 cm³/mol. The molecule has 1 unspecified atom stereocenters. The van der Waals surface area contributed by atoms with E-state index in [9.17, 15) is 13.2 Å². The van der Waals surface area contributed by atoms with Crippen LogP contribution in [0.4, 0.5) is 0 Å². The summed E-state index contributed by atoms with van der Waals surface area (Å²) in [4.78, 5) is 19.2. The van der Waals surface area contributed by atoms with Gasteiger partial charge in [0.1, 0.15) is 4.90 Å². The summed E-state index contributed by atoms with van der Waals surface area (Å²) in [5.74, 6) is 0.601. The maximum absolute atomic E-state index is 12.8. The van der Waals surface area contributed by atoms with Gasteiger partial charge in [-0.15, -0.1) is 0 Å². The standard InChI is InChI=1S/C23H32N4O3S2/c1-18(2)15-21(19-7-5-4-6-8-19)25-22(28)17-31-23-10-9-20(16-24-23)32(29,30)27-13-11-26(3)12-14-27/h4-10,16,18,21H,11-15,17H2,1-3H3,(H,25,28). The van der Waals surface area contributed by atoms with Crippen molar-refractivity contribution in [3.63, 3.8) is 0 Å². The number of hydrogen-bond acceptors (Lipinski definition) is 6. The van der Waals surface area contributed by atoms with Crippen LogP contribution in [0, 0.1) is 5.92 Å². The van der Waals surface area contributed by atoms with Crippen LogP contribution in [0.1, 0.15) is 31.9 Å². The molecule has 0 aliphatic carbocycles. The average Bonchev–Trinajstić information content (AvgIpc) is 2.78. The van der Waals surface area contributed by atoms with Gasteiger partial charge in [-0.05, 0) is 37.1 Å². The quantitative estimate of drug-likeness (QED) is 0.560. The summed E-state index contributed by atoms with van der Waals surface area (Å²) < 4.78 is 27.1. The summed E-state index contributed by atoms with van der Waals surface area (Å²) >= 11 is 1.30. The minimum atomic E-state index is -3.54. The van der Waals surface area contributed by atoms with E-state index in [4.69, 9.17) is 0 Å². The molecule has 1 saturated heterocycles. The lowest BCUT2D eigenvalue weighted by molar-refractivity contribution is -0.119. The normalized spacial score (nSPS) is 16.8. The van der Waals surface area contributed by atoms with Gasteiger partial charge >= 0.3 is 0 Å². The smallest absolute Gasteiger partial charge is 0.244 e. The maximum atomic E-state index is 12.8.